The fourth-order valence-electron chi connectivity index (χ4n) is 6.46. The largest absolute Gasteiger partial charge is 1.00 e. The predicted molar refractivity (Wildman–Crippen MR) is 228 cm³/mol. The van der Waals surface area contributed by atoms with Crippen molar-refractivity contribution < 1.29 is 92.7 Å². The van der Waals surface area contributed by atoms with Gasteiger partial charge in [-0.2, -0.15) is 0 Å². The molecule has 15 heteroatoms. The first-order valence-corrected chi connectivity index (χ1v) is 23.9. The van der Waals surface area contributed by atoms with Crippen molar-refractivity contribution in [3.8, 4) is 0 Å². The van der Waals surface area contributed by atoms with Gasteiger partial charge in [0.15, 0.2) is 6.10 Å². The summed E-state index contributed by atoms with van der Waals surface area (Å²) in [6.45, 7) is 3.12. The van der Waals surface area contributed by atoms with Gasteiger partial charge in [0.2, 0.25) is 0 Å². The second-order valence-electron chi connectivity index (χ2n) is 15.5. The summed E-state index contributed by atoms with van der Waals surface area (Å²) >= 11 is 0. The van der Waals surface area contributed by atoms with Crippen LogP contribution in [0.15, 0.2) is 48.6 Å². The number of carbonyl (C=O) groups is 2. The van der Waals surface area contributed by atoms with Crippen molar-refractivity contribution in [1.82, 2.24) is 0 Å². The third kappa shape index (κ3) is 30.0. The van der Waals surface area contributed by atoms with Crippen molar-refractivity contribution in [3.63, 3.8) is 0 Å². The molecule has 0 bridgehead atoms. The van der Waals surface area contributed by atoms with Crippen molar-refractivity contribution in [2.24, 2.45) is 0 Å². The number of allylic oxidation sites excluding steroid dienone is 8. The minimum atomic E-state index is -5.37. The average Bonchev–Trinajstić information content (AvgIpc) is 3.21. The van der Waals surface area contributed by atoms with Gasteiger partial charge < -0.3 is 48.9 Å². The van der Waals surface area contributed by atoms with Gasteiger partial charge in [-0.1, -0.05) is 127 Å². The summed E-state index contributed by atoms with van der Waals surface area (Å²) in [5.41, 5.74) is 0. The van der Waals surface area contributed by atoms with Crippen molar-refractivity contribution in [2.75, 3.05) is 13.2 Å². The van der Waals surface area contributed by atoms with Gasteiger partial charge in [0, 0.05) is 12.8 Å². The first-order chi connectivity index (χ1) is 28.4. The molecule has 0 amide bonds. The van der Waals surface area contributed by atoms with Gasteiger partial charge in [-0.3, -0.25) is 14.2 Å². The number of esters is 2. The summed E-state index contributed by atoms with van der Waals surface area (Å²) < 4.78 is 33.1. The molecule has 0 saturated heterocycles. The van der Waals surface area contributed by atoms with Crippen LogP contribution in [0.5, 0.6) is 0 Å². The molecule has 0 aromatic carbocycles. The van der Waals surface area contributed by atoms with Crippen molar-refractivity contribution in [3.05, 3.63) is 48.6 Å². The van der Waals surface area contributed by atoms with Crippen LogP contribution in [0.1, 0.15) is 168 Å². The van der Waals surface area contributed by atoms with Crippen molar-refractivity contribution in [1.29, 1.82) is 0 Å². The molecule has 0 radical (unpaired) electrons. The summed E-state index contributed by atoms with van der Waals surface area (Å²) in [4.78, 5) is 37.9. The van der Waals surface area contributed by atoms with Crippen molar-refractivity contribution >= 4 is 19.8 Å². The molecule has 342 valence electrons. The second kappa shape index (κ2) is 38.3. The monoisotopic (exact) mass is 881 g/mol. The van der Waals surface area contributed by atoms with E-state index in [2.05, 4.69) is 62.5 Å². The Morgan fingerprint density at radius 3 is 1.38 bits per heavy atom. The molecule has 0 heterocycles. The minimum Gasteiger partial charge on any atom is -0.756 e. The van der Waals surface area contributed by atoms with Gasteiger partial charge in [-0.25, -0.2) is 0 Å². The zero-order valence-corrected chi connectivity index (χ0v) is 39.9. The van der Waals surface area contributed by atoms with E-state index in [-0.39, 0.29) is 42.4 Å². The number of phosphoric ester groups is 1. The Bertz CT molecular complexity index is 1230. The Morgan fingerprint density at radius 1 is 0.550 bits per heavy atom. The van der Waals surface area contributed by atoms with Gasteiger partial charge in [-0.05, 0) is 77.0 Å². The SMILES string of the molecule is CCCCCC=CCC=CCCCCCCCC(=O)OCC(COP(=O)([O-])OC1C(O)C(O)C(O)C(O)C1O)OC(=O)CCCCCCCC=CCC=CCCCCC.[Na+]. The van der Waals surface area contributed by atoms with Gasteiger partial charge in [0.25, 0.3) is 7.82 Å². The van der Waals surface area contributed by atoms with E-state index in [1.54, 1.807) is 0 Å². The third-order valence-corrected chi connectivity index (χ3v) is 11.1. The molecule has 1 aliphatic rings. The number of rotatable bonds is 36. The predicted octanol–water partition coefficient (Wildman–Crippen LogP) is 4.76. The van der Waals surface area contributed by atoms with Gasteiger partial charge in [-0.15, -0.1) is 0 Å². The van der Waals surface area contributed by atoms with Gasteiger partial charge >= 0.3 is 41.5 Å². The van der Waals surface area contributed by atoms with Crippen LogP contribution in [0.4, 0.5) is 0 Å². The summed E-state index contributed by atoms with van der Waals surface area (Å²) in [7, 11) is -5.37. The minimum absolute atomic E-state index is 0. The van der Waals surface area contributed by atoms with Crippen LogP contribution in [-0.4, -0.2) is 93.4 Å². The number of phosphoric acid groups is 1. The maximum Gasteiger partial charge on any atom is 1.00 e. The molecule has 1 saturated carbocycles. The quantitative estimate of drug-likeness (QED) is 0.0189. The van der Waals surface area contributed by atoms with Crippen molar-refractivity contribution in [2.45, 2.75) is 211 Å². The van der Waals surface area contributed by atoms with E-state index in [1.807, 2.05) is 0 Å². The van der Waals surface area contributed by atoms with Crippen LogP contribution in [0.25, 0.3) is 0 Å². The zero-order chi connectivity index (χ0) is 43.6. The zero-order valence-electron chi connectivity index (χ0n) is 37.0. The molecule has 60 heavy (non-hydrogen) atoms. The molecule has 5 N–H and O–H groups in total. The Labute approximate surface area is 383 Å². The number of aliphatic hydroxyl groups is 5. The molecule has 6 atom stereocenters. The van der Waals surface area contributed by atoms with E-state index in [4.69, 9.17) is 18.5 Å². The van der Waals surface area contributed by atoms with E-state index in [0.29, 0.717) is 12.8 Å². The number of hydrogen-bond donors (Lipinski definition) is 5. The Balaban J connectivity index is 0.0000348. The maximum atomic E-state index is 12.7. The number of aliphatic hydroxyl groups excluding tert-OH is 5. The van der Waals surface area contributed by atoms with E-state index < -0.39 is 75.7 Å². The third-order valence-electron chi connectivity index (χ3n) is 10.1. The molecule has 1 aliphatic carbocycles. The number of unbranched alkanes of at least 4 members (excludes halogenated alkanes) is 16. The smallest absolute Gasteiger partial charge is 0.756 e. The molecule has 13 nitrogen and oxygen atoms in total. The fraction of sp³-hybridized carbons (Fsp3) is 0.778. The first-order valence-electron chi connectivity index (χ1n) is 22.4. The van der Waals surface area contributed by atoms with E-state index in [1.165, 1.54) is 38.5 Å². The summed E-state index contributed by atoms with van der Waals surface area (Å²) in [5, 5.41) is 50.0. The number of carbonyl (C=O) groups excluding carboxylic acids is 2. The van der Waals surface area contributed by atoms with Crippen LogP contribution < -0.4 is 34.5 Å². The topological polar surface area (TPSA) is 212 Å². The molecule has 0 aromatic rings. The summed E-state index contributed by atoms with van der Waals surface area (Å²) in [5.74, 6) is -1.17. The molecular weight excluding hydrogens is 802 g/mol. The maximum absolute atomic E-state index is 12.7. The molecule has 0 aliphatic heterocycles. The summed E-state index contributed by atoms with van der Waals surface area (Å²) in [6, 6.07) is 0. The Kier molecular flexibility index (Phi) is 37.5. The first kappa shape index (κ1) is 58.8. The van der Waals surface area contributed by atoms with Crippen LogP contribution in [0, 0.1) is 0 Å². The van der Waals surface area contributed by atoms with Gasteiger partial charge in [0.1, 0.15) is 43.2 Å². The van der Waals surface area contributed by atoms with Crippen LogP contribution in [-0.2, 0) is 32.7 Å². The van der Waals surface area contributed by atoms with E-state index >= 15 is 0 Å². The normalized spacial score (nSPS) is 22.4. The average molecular weight is 881 g/mol. The van der Waals surface area contributed by atoms with Crippen LogP contribution in [0.2, 0.25) is 0 Å². The van der Waals surface area contributed by atoms with Crippen LogP contribution >= 0.6 is 7.82 Å². The summed E-state index contributed by atoms with van der Waals surface area (Å²) in [6.07, 6.45) is 26.9. The number of hydrogen-bond acceptors (Lipinski definition) is 13. The van der Waals surface area contributed by atoms with Gasteiger partial charge in [0.05, 0.1) is 6.61 Å². The number of ether oxygens (including phenoxy) is 2. The van der Waals surface area contributed by atoms with E-state index in [9.17, 15) is 44.6 Å². The Hall–Kier alpha value is -1.19. The standard InChI is InChI=1S/C45H79O13P.Na/c1-3-5-7-9-11-13-15-17-19-21-23-25-27-29-31-33-38(46)55-35-37(36-56-59(53,54)58-45-43(51)41(49)40(48)42(50)44(45)52)57-39(47)34-32-30-28-26-24-22-20-18-16-14-12-10-8-6-4-2;/h11-14,17-20,37,40-45,48-52H,3-10,15-16,21-36H2,1-2H3,(H,53,54);/q;+1/p-1. The molecule has 0 spiro atoms. The Morgan fingerprint density at radius 2 is 0.933 bits per heavy atom. The molecular formula is C45H78NaO13P. The fourth-order valence-corrected chi connectivity index (χ4v) is 7.41. The van der Waals surface area contributed by atoms with Crippen LogP contribution in [0.3, 0.4) is 0 Å². The molecule has 1 fully saturated rings. The molecule has 0 aromatic heterocycles. The molecule has 1 rings (SSSR count). The van der Waals surface area contributed by atoms with E-state index in [0.717, 1.165) is 89.9 Å². The second-order valence-corrected chi connectivity index (χ2v) is 16.9. The molecule has 6 unspecified atom stereocenters.